The molecule has 2 aromatic rings. The van der Waals surface area contributed by atoms with Crippen LogP contribution in [0, 0.1) is 0 Å². The van der Waals surface area contributed by atoms with E-state index in [1.54, 1.807) is 7.11 Å². The second kappa shape index (κ2) is 9.45. The maximum atomic E-state index is 12.8. The molecular weight excluding hydrogens is 418 g/mol. The van der Waals surface area contributed by atoms with Crippen molar-refractivity contribution in [2.24, 2.45) is 0 Å². The lowest BCUT2D eigenvalue weighted by Crippen LogP contribution is -2.40. The third-order valence-electron chi connectivity index (χ3n) is 4.38. The molecule has 0 unspecified atom stereocenters. The Morgan fingerprint density at radius 2 is 1.97 bits per heavy atom. The van der Waals surface area contributed by atoms with Gasteiger partial charge in [0.15, 0.2) is 0 Å². The van der Waals surface area contributed by atoms with Gasteiger partial charge in [-0.25, -0.2) is 13.2 Å². The summed E-state index contributed by atoms with van der Waals surface area (Å²) in [5, 5.41) is 5.55. The zero-order valence-electron chi connectivity index (χ0n) is 15.9. The molecule has 8 nitrogen and oxygen atoms in total. The lowest BCUT2D eigenvalue weighted by molar-refractivity contribution is 0.0730. The van der Waals surface area contributed by atoms with Crippen LogP contribution in [0.25, 0.3) is 0 Å². The van der Waals surface area contributed by atoms with E-state index in [1.165, 1.54) is 22.5 Å². The van der Waals surface area contributed by atoms with E-state index >= 15 is 0 Å². The number of ether oxygens (including phenoxy) is 2. The van der Waals surface area contributed by atoms with Gasteiger partial charge in [0.25, 0.3) is 0 Å². The average Bonchev–Trinajstić information content (AvgIpc) is 2.74. The van der Waals surface area contributed by atoms with E-state index in [2.05, 4.69) is 10.6 Å². The van der Waals surface area contributed by atoms with Gasteiger partial charge in [0.2, 0.25) is 10.0 Å². The lowest BCUT2D eigenvalue weighted by Gasteiger charge is -2.26. The Morgan fingerprint density at radius 3 is 2.69 bits per heavy atom. The van der Waals surface area contributed by atoms with Gasteiger partial charge in [-0.3, -0.25) is 0 Å². The van der Waals surface area contributed by atoms with Crippen molar-refractivity contribution in [1.29, 1.82) is 0 Å². The summed E-state index contributed by atoms with van der Waals surface area (Å²) in [6, 6.07) is 11.0. The third-order valence-corrected chi connectivity index (χ3v) is 6.61. The smallest absolute Gasteiger partial charge is 0.319 e. The predicted octanol–water partition coefficient (Wildman–Crippen LogP) is 2.69. The van der Waals surface area contributed by atoms with Gasteiger partial charge >= 0.3 is 6.03 Å². The number of nitrogens with zero attached hydrogens (tertiary/aromatic N) is 1. The SMILES string of the molecule is COc1cccc(CNC(=O)Nc2cc(S(=O)(=O)N3CCOCC3)ccc2Cl)c1. The van der Waals surface area contributed by atoms with Gasteiger partial charge in [-0.1, -0.05) is 23.7 Å². The van der Waals surface area contributed by atoms with Crippen molar-refractivity contribution < 1.29 is 22.7 Å². The van der Waals surface area contributed by atoms with Crippen LogP contribution in [0.4, 0.5) is 10.5 Å². The molecule has 0 saturated carbocycles. The number of halogens is 1. The quantitative estimate of drug-likeness (QED) is 0.721. The molecule has 1 fully saturated rings. The molecule has 2 amide bonds. The number of rotatable bonds is 6. The Labute approximate surface area is 174 Å². The van der Waals surface area contributed by atoms with E-state index < -0.39 is 16.1 Å². The van der Waals surface area contributed by atoms with Crippen molar-refractivity contribution in [2.45, 2.75) is 11.4 Å². The molecule has 29 heavy (non-hydrogen) atoms. The van der Waals surface area contributed by atoms with Crippen LogP contribution >= 0.6 is 11.6 Å². The number of carbonyl (C=O) groups is 1. The topological polar surface area (TPSA) is 97.0 Å². The summed E-state index contributed by atoms with van der Waals surface area (Å²) in [6.07, 6.45) is 0. The number of nitrogens with one attached hydrogen (secondary N) is 2. The fourth-order valence-electron chi connectivity index (χ4n) is 2.83. The maximum Gasteiger partial charge on any atom is 0.319 e. The molecule has 156 valence electrons. The molecule has 2 N–H and O–H groups in total. The normalized spacial score (nSPS) is 15.0. The van der Waals surface area contributed by atoms with Crippen molar-refractivity contribution in [1.82, 2.24) is 9.62 Å². The number of sulfonamides is 1. The van der Waals surface area contributed by atoms with E-state index in [0.29, 0.717) is 19.0 Å². The minimum Gasteiger partial charge on any atom is -0.497 e. The summed E-state index contributed by atoms with van der Waals surface area (Å²) in [4.78, 5) is 12.3. The second-order valence-electron chi connectivity index (χ2n) is 6.32. The van der Waals surface area contributed by atoms with Gasteiger partial charge in [0, 0.05) is 19.6 Å². The lowest BCUT2D eigenvalue weighted by atomic mass is 10.2. The fourth-order valence-corrected chi connectivity index (χ4v) is 4.43. The van der Waals surface area contributed by atoms with Crippen LogP contribution in [-0.2, 0) is 21.3 Å². The van der Waals surface area contributed by atoms with Crippen LogP contribution in [0.3, 0.4) is 0 Å². The molecule has 0 aliphatic carbocycles. The number of methoxy groups -OCH3 is 1. The summed E-state index contributed by atoms with van der Waals surface area (Å²) < 4.78 is 37.3. The van der Waals surface area contributed by atoms with Crippen LogP contribution in [-0.4, -0.2) is 52.2 Å². The molecule has 0 spiro atoms. The largest absolute Gasteiger partial charge is 0.497 e. The highest BCUT2D eigenvalue weighted by molar-refractivity contribution is 7.89. The van der Waals surface area contributed by atoms with E-state index in [-0.39, 0.29) is 35.2 Å². The highest BCUT2D eigenvalue weighted by Crippen LogP contribution is 2.27. The Balaban J connectivity index is 1.68. The average molecular weight is 440 g/mol. The molecule has 0 radical (unpaired) electrons. The number of urea groups is 1. The van der Waals surface area contributed by atoms with E-state index in [4.69, 9.17) is 21.1 Å². The summed E-state index contributed by atoms with van der Waals surface area (Å²) >= 11 is 6.15. The third kappa shape index (κ3) is 5.39. The van der Waals surface area contributed by atoms with Crippen molar-refractivity contribution >= 4 is 33.3 Å². The number of benzene rings is 2. The number of hydrogen-bond donors (Lipinski definition) is 2. The van der Waals surface area contributed by atoms with Gasteiger partial charge < -0.3 is 20.1 Å². The summed E-state index contributed by atoms with van der Waals surface area (Å²) in [5.41, 5.74) is 1.07. The van der Waals surface area contributed by atoms with Crippen molar-refractivity contribution in [3.8, 4) is 5.75 Å². The molecule has 0 bridgehead atoms. The van der Waals surface area contributed by atoms with Crippen molar-refractivity contribution in [3.05, 3.63) is 53.1 Å². The second-order valence-corrected chi connectivity index (χ2v) is 8.66. The van der Waals surface area contributed by atoms with Crippen molar-refractivity contribution in [2.75, 3.05) is 38.7 Å². The van der Waals surface area contributed by atoms with Gasteiger partial charge in [0.05, 0.1) is 35.9 Å². The number of anilines is 1. The Morgan fingerprint density at radius 1 is 1.21 bits per heavy atom. The Bertz CT molecular complexity index is 978. The molecule has 1 aliphatic rings. The minimum absolute atomic E-state index is 0.0619. The number of hydrogen-bond acceptors (Lipinski definition) is 5. The van der Waals surface area contributed by atoms with Crippen LogP contribution in [0.1, 0.15) is 5.56 Å². The van der Waals surface area contributed by atoms with E-state index in [0.717, 1.165) is 5.56 Å². The molecular formula is C19H22ClN3O5S. The van der Waals surface area contributed by atoms with E-state index in [9.17, 15) is 13.2 Å². The summed E-state index contributed by atoms with van der Waals surface area (Å²) in [6.45, 7) is 1.55. The highest BCUT2D eigenvalue weighted by atomic mass is 35.5. The van der Waals surface area contributed by atoms with E-state index in [1.807, 2.05) is 24.3 Å². The van der Waals surface area contributed by atoms with Crippen LogP contribution in [0.15, 0.2) is 47.4 Å². The molecule has 1 aliphatic heterocycles. The molecule has 10 heteroatoms. The van der Waals surface area contributed by atoms with Crippen LogP contribution < -0.4 is 15.4 Å². The molecule has 1 saturated heterocycles. The van der Waals surface area contributed by atoms with Gasteiger partial charge in [-0.05, 0) is 35.9 Å². The minimum atomic E-state index is -3.69. The predicted molar refractivity (Wildman–Crippen MR) is 110 cm³/mol. The fraction of sp³-hybridized carbons (Fsp3) is 0.316. The van der Waals surface area contributed by atoms with Gasteiger partial charge in [-0.2, -0.15) is 4.31 Å². The highest BCUT2D eigenvalue weighted by Gasteiger charge is 2.27. The molecule has 0 aromatic heterocycles. The monoisotopic (exact) mass is 439 g/mol. The first kappa shape index (κ1) is 21.4. The van der Waals surface area contributed by atoms with Crippen LogP contribution in [0.5, 0.6) is 5.75 Å². The first-order valence-corrected chi connectivity index (χ1v) is 10.8. The molecule has 2 aromatic carbocycles. The zero-order valence-corrected chi connectivity index (χ0v) is 17.4. The number of amides is 2. The van der Waals surface area contributed by atoms with Crippen LogP contribution in [0.2, 0.25) is 5.02 Å². The summed E-state index contributed by atoms with van der Waals surface area (Å²) in [5.74, 6) is 0.689. The first-order valence-electron chi connectivity index (χ1n) is 8.95. The first-order chi connectivity index (χ1) is 13.9. The maximum absolute atomic E-state index is 12.8. The molecule has 0 atom stereocenters. The van der Waals surface area contributed by atoms with Gasteiger partial charge in [-0.15, -0.1) is 0 Å². The Kier molecular flexibility index (Phi) is 6.96. The standard InChI is InChI=1S/C19H22ClN3O5S/c1-27-15-4-2-3-14(11-15)13-21-19(24)22-18-12-16(5-6-17(18)20)29(25,26)23-7-9-28-10-8-23/h2-6,11-12H,7-10,13H2,1H3,(H2,21,22,24). The number of morpholine rings is 1. The van der Waals surface area contributed by atoms with Crippen molar-refractivity contribution in [3.63, 3.8) is 0 Å². The molecule has 1 heterocycles. The summed E-state index contributed by atoms with van der Waals surface area (Å²) in [7, 11) is -2.12. The zero-order chi connectivity index (χ0) is 20.9. The molecule has 3 rings (SSSR count). The van der Waals surface area contributed by atoms with Gasteiger partial charge in [0.1, 0.15) is 5.75 Å². The number of carbonyl (C=O) groups excluding carboxylic acids is 1. The Hall–Kier alpha value is -2.33.